The van der Waals surface area contributed by atoms with E-state index in [1.54, 1.807) is 12.1 Å². The fourth-order valence-corrected chi connectivity index (χ4v) is 1.67. The fraction of sp³-hybridized carbons (Fsp3) is 0.429. The molecule has 0 radical (unpaired) electrons. The molecule has 1 unspecified atom stereocenters. The molecule has 1 aromatic rings. The van der Waals surface area contributed by atoms with Crippen molar-refractivity contribution in [3.05, 3.63) is 35.4 Å². The van der Waals surface area contributed by atoms with Gasteiger partial charge in [-0.1, -0.05) is 45.0 Å². The van der Waals surface area contributed by atoms with Crippen molar-refractivity contribution in [2.75, 3.05) is 0 Å². The number of hydrogen-bond donors (Lipinski definition) is 2. The van der Waals surface area contributed by atoms with Gasteiger partial charge in [-0.05, 0) is 16.5 Å². The van der Waals surface area contributed by atoms with Crippen LogP contribution in [0.25, 0.3) is 0 Å². The third-order valence-electron chi connectivity index (χ3n) is 2.70. The van der Waals surface area contributed by atoms with Crippen molar-refractivity contribution in [2.24, 2.45) is 0 Å². The van der Waals surface area contributed by atoms with E-state index < -0.39 is 12.0 Å². The number of aliphatic carboxylic acids is 1. The fourth-order valence-electron chi connectivity index (χ4n) is 1.67. The quantitative estimate of drug-likeness (QED) is 0.863. The zero-order valence-corrected chi connectivity index (χ0v) is 11.2. The highest BCUT2D eigenvalue weighted by atomic mass is 16.4. The van der Waals surface area contributed by atoms with Gasteiger partial charge < -0.3 is 10.4 Å². The van der Waals surface area contributed by atoms with Gasteiger partial charge in [-0.15, -0.1) is 0 Å². The standard InChI is InChI=1S/C14H19NO3/c1-9(16)15-12(13(17)18)10-5-7-11(8-6-10)14(2,3)4/h5-8,12H,1-4H3,(H,15,16)(H,17,18). The number of amides is 1. The summed E-state index contributed by atoms with van der Waals surface area (Å²) in [5, 5.41) is 11.5. The van der Waals surface area contributed by atoms with E-state index in [1.165, 1.54) is 6.92 Å². The molecule has 0 bridgehead atoms. The molecule has 0 saturated carbocycles. The third-order valence-corrected chi connectivity index (χ3v) is 2.70. The normalized spacial score (nSPS) is 12.9. The molecule has 0 aromatic heterocycles. The molecule has 0 fully saturated rings. The molecule has 4 nitrogen and oxygen atoms in total. The molecule has 1 aromatic carbocycles. The van der Waals surface area contributed by atoms with Crippen molar-refractivity contribution in [3.63, 3.8) is 0 Å². The zero-order chi connectivity index (χ0) is 13.9. The Balaban J connectivity index is 3.01. The van der Waals surface area contributed by atoms with Gasteiger partial charge in [-0.25, -0.2) is 4.79 Å². The van der Waals surface area contributed by atoms with Crippen LogP contribution in [-0.2, 0) is 15.0 Å². The van der Waals surface area contributed by atoms with Crippen LogP contribution in [0.15, 0.2) is 24.3 Å². The summed E-state index contributed by atoms with van der Waals surface area (Å²) >= 11 is 0. The van der Waals surface area contributed by atoms with Gasteiger partial charge in [0.25, 0.3) is 0 Å². The predicted molar refractivity (Wildman–Crippen MR) is 69.3 cm³/mol. The minimum absolute atomic E-state index is 0.0191. The lowest BCUT2D eigenvalue weighted by Gasteiger charge is -2.20. The summed E-state index contributed by atoms with van der Waals surface area (Å²) < 4.78 is 0. The van der Waals surface area contributed by atoms with Crippen LogP contribution in [0.1, 0.15) is 44.9 Å². The number of rotatable bonds is 3. The van der Waals surface area contributed by atoms with Crippen LogP contribution in [0.2, 0.25) is 0 Å². The summed E-state index contributed by atoms with van der Waals surface area (Å²) in [5.74, 6) is -1.42. The lowest BCUT2D eigenvalue weighted by Crippen LogP contribution is -2.32. The minimum Gasteiger partial charge on any atom is -0.479 e. The Morgan fingerprint density at radius 2 is 1.67 bits per heavy atom. The molecule has 0 spiro atoms. The van der Waals surface area contributed by atoms with Crippen molar-refractivity contribution < 1.29 is 14.7 Å². The number of carboxylic acids is 1. The van der Waals surface area contributed by atoms with Gasteiger partial charge in [0.15, 0.2) is 6.04 Å². The maximum Gasteiger partial charge on any atom is 0.330 e. The predicted octanol–water partition coefficient (Wildman–Crippen LogP) is 2.25. The van der Waals surface area contributed by atoms with Crippen LogP contribution < -0.4 is 5.32 Å². The average Bonchev–Trinajstić information content (AvgIpc) is 2.24. The molecule has 1 atom stereocenters. The summed E-state index contributed by atoms with van der Waals surface area (Å²) in [6.07, 6.45) is 0. The van der Waals surface area contributed by atoms with E-state index in [4.69, 9.17) is 5.11 Å². The van der Waals surface area contributed by atoms with Crippen LogP contribution in [0.4, 0.5) is 0 Å². The van der Waals surface area contributed by atoms with E-state index in [9.17, 15) is 9.59 Å². The number of carboxylic acid groups (broad SMARTS) is 1. The van der Waals surface area contributed by atoms with Gasteiger partial charge >= 0.3 is 5.97 Å². The molecule has 0 aliphatic heterocycles. The molecule has 4 heteroatoms. The molecule has 1 amide bonds. The summed E-state index contributed by atoms with van der Waals surface area (Å²) in [4.78, 5) is 22.1. The lowest BCUT2D eigenvalue weighted by molar-refractivity contribution is -0.141. The van der Waals surface area contributed by atoms with Crippen LogP contribution >= 0.6 is 0 Å². The van der Waals surface area contributed by atoms with Crippen LogP contribution in [0.3, 0.4) is 0 Å². The molecule has 1 rings (SSSR count). The first-order chi connectivity index (χ1) is 8.21. The lowest BCUT2D eigenvalue weighted by atomic mass is 9.86. The molecule has 18 heavy (non-hydrogen) atoms. The first kappa shape index (κ1) is 14.2. The summed E-state index contributed by atoms with van der Waals surface area (Å²) in [6, 6.07) is 6.29. The maximum absolute atomic E-state index is 11.1. The van der Waals surface area contributed by atoms with E-state index in [1.807, 2.05) is 12.1 Å². The Labute approximate surface area is 107 Å². The Bertz CT molecular complexity index is 443. The van der Waals surface area contributed by atoms with Gasteiger partial charge in [0.2, 0.25) is 5.91 Å². The number of hydrogen-bond acceptors (Lipinski definition) is 2. The van der Waals surface area contributed by atoms with Gasteiger partial charge in [0.05, 0.1) is 0 Å². The van der Waals surface area contributed by atoms with Gasteiger partial charge in [0, 0.05) is 6.92 Å². The molecule has 0 heterocycles. The van der Waals surface area contributed by atoms with Crippen LogP contribution in [0.5, 0.6) is 0 Å². The maximum atomic E-state index is 11.1. The van der Waals surface area contributed by atoms with E-state index in [2.05, 4.69) is 26.1 Å². The van der Waals surface area contributed by atoms with Crippen molar-refractivity contribution in [1.82, 2.24) is 5.32 Å². The van der Waals surface area contributed by atoms with Crippen LogP contribution in [-0.4, -0.2) is 17.0 Å². The third kappa shape index (κ3) is 3.58. The number of nitrogens with one attached hydrogen (secondary N) is 1. The van der Waals surface area contributed by atoms with Crippen molar-refractivity contribution >= 4 is 11.9 Å². The first-order valence-electron chi connectivity index (χ1n) is 5.82. The topological polar surface area (TPSA) is 66.4 Å². The Hall–Kier alpha value is -1.84. The molecular weight excluding hydrogens is 230 g/mol. The van der Waals surface area contributed by atoms with Gasteiger partial charge in [-0.3, -0.25) is 4.79 Å². The highest BCUT2D eigenvalue weighted by molar-refractivity contribution is 5.83. The largest absolute Gasteiger partial charge is 0.479 e. The number of benzene rings is 1. The Kier molecular flexibility index (Phi) is 4.11. The molecule has 0 aliphatic carbocycles. The second-order valence-corrected chi connectivity index (χ2v) is 5.34. The zero-order valence-electron chi connectivity index (χ0n) is 11.2. The second kappa shape index (κ2) is 5.21. The summed E-state index contributed by atoms with van der Waals surface area (Å²) in [5.41, 5.74) is 1.72. The summed E-state index contributed by atoms with van der Waals surface area (Å²) in [6.45, 7) is 7.57. The number of carbonyl (C=O) groups is 2. The van der Waals surface area contributed by atoms with Gasteiger partial charge in [-0.2, -0.15) is 0 Å². The van der Waals surface area contributed by atoms with Gasteiger partial charge in [0.1, 0.15) is 0 Å². The monoisotopic (exact) mass is 249 g/mol. The Morgan fingerprint density at radius 1 is 1.17 bits per heavy atom. The van der Waals surface area contributed by atoms with E-state index >= 15 is 0 Å². The highest BCUT2D eigenvalue weighted by Crippen LogP contribution is 2.24. The van der Waals surface area contributed by atoms with Crippen molar-refractivity contribution in [3.8, 4) is 0 Å². The van der Waals surface area contributed by atoms with Crippen molar-refractivity contribution in [1.29, 1.82) is 0 Å². The van der Waals surface area contributed by atoms with E-state index in [0.29, 0.717) is 5.56 Å². The van der Waals surface area contributed by atoms with E-state index in [-0.39, 0.29) is 11.3 Å². The molecular formula is C14H19NO3. The minimum atomic E-state index is -1.06. The second-order valence-electron chi connectivity index (χ2n) is 5.34. The highest BCUT2D eigenvalue weighted by Gasteiger charge is 2.21. The summed E-state index contributed by atoms with van der Waals surface area (Å²) in [7, 11) is 0. The van der Waals surface area contributed by atoms with Crippen molar-refractivity contribution in [2.45, 2.75) is 39.2 Å². The van der Waals surface area contributed by atoms with Crippen LogP contribution in [0, 0.1) is 0 Å². The smallest absolute Gasteiger partial charge is 0.330 e. The molecule has 0 saturated heterocycles. The number of carbonyl (C=O) groups excluding carboxylic acids is 1. The average molecular weight is 249 g/mol. The molecule has 98 valence electrons. The Morgan fingerprint density at radius 3 is 2.00 bits per heavy atom. The SMILES string of the molecule is CC(=O)NC(C(=O)O)c1ccc(C(C)(C)C)cc1. The first-order valence-corrected chi connectivity index (χ1v) is 5.82. The molecule has 2 N–H and O–H groups in total. The van der Waals surface area contributed by atoms with E-state index in [0.717, 1.165) is 5.56 Å². The molecule has 0 aliphatic rings.